The molecule has 3 rings (SSSR count). The highest BCUT2D eigenvalue weighted by Crippen LogP contribution is 2.23. The van der Waals surface area contributed by atoms with Crippen LogP contribution in [0.5, 0.6) is 0 Å². The number of likely N-dealkylation sites (N-methyl/N-ethyl adjacent to an activating group) is 2. The molecule has 1 aliphatic rings. The molecule has 1 saturated heterocycles. The van der Waals surface area contributed by atoms with E-state index in [-0.39, 0.29) is 17.5 Å². The summed E-state index contributed by atoms with van der Waals surface area (Å²) < 4.78 is 28.9. The molecule has 2 heterocycles. The third kappa shape index (κ3) is 2.58. The van der Waals surface area contributed by atoms with Crippen LogP contribution in [0, 0.1) is 11.6 Å². The molecule has 0 bridgehead atoms. The second-order valence-corrected chi connectivity index (χ2v) is 5.73. The summed E-state index contributed by atoms with van der Waals surface area (Å²) in [7, 11) is 4.11. The molecule has 0 radical (unpaired) electrons. The molecule has 1 aliphatic heterocycles. The van der Waals surface area contributed by atoms with Crippen molar-refractivity contribution < 1.29 is 8.78 Å². The average molecular weight is 295 g/mol. The van der Waals surface area contributed by atoms with Crippen LogP contribution >= 0.6 is 0 Å². The second kappa shape index (κ2) is 5.23. The van der Waals surface area contributed by atoms with E-state index in [9.17, 15) is 8.78 Å². The van der Waals surface area contributed by atoms with Gasteiger partial charge < -0.3 is 15.2 Å². The number of piperazine rings is 1. The van der Waals surface area contributed by atoms with E-state index < -0.39 is 11.6 Å². The number of hydrogen-bond donors (Lipinski definition) is 1. The van der Waals surface area contributed by atoms with E-state index in [1.54, 1.807) is 4.57 Å². The van der Waals surface area contributed by atoms with E-state index in [0.29, 0.717) is 12.1 Å². The molecule has 114 valence electrons. The molecule has 0 saturated carbocycles. The van der Waals surface area contributed by atoms with Gasteiger partial charge in [0.15, 0.2) is 5.82 Å². The first kappa shape index (κ1) is 14.2. The molecule has 0 spiro atoms. The Kier molecular flexibility index (Phi) is 3.54. The van der Waals surface area contributed by atoms with Crippen LogP contribution < -0.4 is 5.73 Å². The maximum Gasteiger partial charge on any atom is 0.201 e. The summed E-state index contributed by atoms with van der Waals surface area (Å²) >= 11 is 0. The van der Waals surface area contributed by atoms with E-state index in [1.807, 2.05) is 7.05 Å². The van der Waals surface area contributed by atoms with Gasteiger partial charge in [-0.15, -0.1) is 0 Å². The molecule has 1 aromatic heterocycles. The number of rotatable bonds is 2. The average Bonchev–Trinajstić information content (AvgIpc) is 2.72. The van der Waals surface area contributed by atoms with Crippen LogP contribution in [0.3, 0.4) is 0 Å². The van der Waals surface area contributed by atoms with Gasteiger partial charge in [0.2, 0.25) is 5.95 Å². The number of aromatic nitrogens is 2. The zero-order valence-electron chi connectivity index (χ0n) is 12.2. The van der Waals surface area contributed by atoms with E-state index in [0.717, 1.165) is 25.7 Å². The summed E-state index contributed by atoms with van der Waals surface area (Å²) in [4.78, 5) is 8.50. The number of benzene rings is 1. The van der Waals surface area contributed by atoms with Crippen LogP contribution in [0.1, 0.15) is 0 Å². The van der Waals surface area contributed by atoms with Gasteiger partial charge in [0.1, 0.15) is 11.3 Å². The Labute approximate surface area is 121 Å². The highest BCUT2D eigenvalue weighted by atomic mass is 19.1. The van der Waals surface area contributed by atoms with E-state index in [2.05, 4.69) is 21.8 Å². The first-order chi connectivity index (χ1) is 9.95. The normalized spacial score (nSPS) is 21.2. The molecular weight excluding hydrogens is 276 g/mol. The summed E-state index contributed by atoms with van der Waals surface area (Å²) in [5.74, 6) is -1.07. The topological polar surface area (TPSA) is 50.3 Å². The molecular formula is C14H19F2N5. The van der Waals surface area contributed by atoms with Gasteiger partial charge in [-0.1, -0.05) is 0 Å². The number of anilines is 1. The Morgan fingerprint density at radius 2 is 2.05 bits per heavy atom. The molecule has 1 unspecified atom stereocenters. The monoisotopic (exact) mass is 295 g/mol. The first-order valence-electron chi connectivity index (χ1n) is 6.95. The van der Waals surface area contributed by atoms with E-state index in [4.69, 9.17) is 5.73 Å². The predicted octanol–water partition coefficient (Wildman–Crippen LogP) is 1.14. The van der Waals surface area contributed by atoms with Gasteiger partial charge in [0.05, 0.1) is 5.52 Å². The van der Waals surface area contributed by atoms with Crippen molar-refractivity contribution in [1.29, 1.82) is 0 Å². The van der Waals surface area contributed by atoms with Gasteiger partial charge in [-0.25, -0.2) is 13.8 Å². The van der Waals surface area contributed by atoms with Crippen LogP contribution in [0.25, 0.3) is 11.0 Å². The minimum Gasteiger partial charge on any atom is -0.369 e. The molecule has 7 heteroatoms. The number of halogens is 2. The molecule has 0 aliphatic carbocycles. The van der Waals surface area contributed by atoms with Crippen molar-refractivity contribution in [3.8, 4) is 0 Å². The standard InChI is InChI=1S/C14H19F2N5/c1-19-3-4-20(2)10(7-19)8-21-12-6-9(15)5-11(16)13(12)18-14(21)17/h5-6,10H,3-4,7-8H2,1-2H3,(H2,17,18). The minimum absolute atomic E-state index is 0.126. The number of nitrogen functional groups attached to an aromatic ring is 1. The van der Waals surface area contributed by atoms with Gasteiger partial charge in [0.25, 0.3) is 0 Å². The summed E-state index contributed by atoms with van der Waals surface area (Å²) in [6, 6.07) is 2.35. The Bertz CT molecular complexity index is 669. The molecule has 0 amide bonds. The highest BCUT2D eigenvalue weighted by Gasteiger charge is 2.24. The van der Waals surface area contributed by atoms with E-state index in [1.165, 1.54) is 6.07 Å². The highest BCUT2D eigenvalue weighted by molar-refractivity contribution is 5.79. The fourth-order valence-electron chi connectivity index (χ4n) is 2.87. The maximum atomic E-state index is 13.8. The van der Waals surface area contributed by atoms with Crippen LogP contribution in [0.15, 0.2) is 12.1 Å². The van der Waals surface area contributed by atoms with Crippen LogP contribution in [0.2, 0.25) is 0 Å². The van der Waals surface area contributed by atoms with Crippen molar-refractivity contribution in [2.75, 3.05) is 39.5 Å². The third-order valence-electron chi connectivity index (χ3n) is 4.18. The SMILES string of the molecule is CN1CCN(C)C(Cn2c(N)nc3c(F)cc(F)cc32)C1. The number of nitrogens with zero attached hydrogens (tertiary/aromatic N) is 4. The smallest absolute Gasteiger partial charge is 0.201 e. The number of hydrogen-bond acceptors (Lipinski definition) is 4. The van der Waals surface area contributed by atoms with Gasteiger partial charge in [0, 0.05) is 44.4 Å². The Morgan fingerprint density at radius 3 is 2.81 bits per heavy atom. The van der Waals surface area contributed by atoms with E-state index >= 15 is 0 Å². The zero-order valence-corrected chi connectivity index (χ0v) is 12.2. The lowest BCUT2D eigenvalue weighted by Crippen LogP contribution is -2.51. The molecule has 21 heavy (non-hydrogen) atoms. The zero-order chi connectivity index (χ0) is 15.1. The maximum absolute atomic E-state index is 13.8. The number of nitrogens with two attached hydrogens (primary N) is 1. The van der Waals surface area contributed by atoms with Crippen LogP contribution in [-0.2, 0) is 6.54 Å². The summed E-state index contributed by atoms with van der Waals surface area (Å²) in [5.41, 5.74) is 6.43. The van der Waals surface area contributed by atoms with Gasteiger partial charge in [-0.05, 0) is 14.1 Å². The molecule has 1 atom stereocenters. The molecule has 2 aromatic rings. The van der Waals surface area contributed by atoms with Crippen molar-refractivity contribution in [2.24, 2.45) is 0 Å². The van der Waals surface area contributed by atoms with Crippen LogP contribution in [-0.4, -0.2) is 59.1 Å². The van der Waals surface area contributed by atoms with Gasteiger partial charge >= 0.3 is 0 Å². The fraction of sp³-hybridized carbons (Fsp3) is 0.500. The third-order valence-corrected chi connectivity index (χ3v) is 4.18. The second-order valence-electron chi connectivity index (χ2n) is 5.73. The van der Waals surface area contributed by atoms with Crippen molar-refractivity contribution >= 4 is 17.0 Å². The van der Waals surface area contributed by atoms with Crippen LogP contribution in [0.4, 0.5) is 14.7 Å². The Morgan fingerprint density at radius 1 is 1.29 bits per heavy atom. The van der Waals surface area contributed by atoms with Crippen molar-refractivity contribution in [1.82, 2.24) is 19.4 Å². The van der Waals surface area contributed by atoms with Crippen molar-refractivity contribution in [3.63, 3.8) is 0 Å². The lowest BCUT2D eigenvalue weighted by atomic mass is 10.2. The first-order valence-corrected chi connectivity index (χ1v) is 6.95. The molecule has 1 aromatic carbocycles. The minimum atomic E-state index is -0.676. The van der Waals surface area contributed by atoms with Gasteiger partial charge in [-0.3, -0.25) is 4.90 Å². The lowest BCUT2D eigenvalue weighted by molar-refractivity contribution is 0.104. The quantitative estimate of drug-likeness (QED) is 0.903. The largest absolute Gasteiger partial charge is 0.369 e. The Balaban J connectivity index is 1.98. The molecule has 5 nitrogen and oxygen atoms in total. The number of fused-ring (bicyclic) bond motifs is 1. The molecule has 1 fully saturated rings. The van der Waals surface area contributed by atoms with Crippen molar-refractivity contribution in [3.05, 3.63) is 23.8 Å². The summed E-state index contributed by atoms with van der Waals surface area (Å²) in [6.07, 6.45) is 0. The molecule has 2 N–H and O–H groups in total. The summed E-state index contributed by atoms with van der Waals surface area (Å²) in [6.45, 7) is 3.41. The van der Waals surface area contributed by atoms with Crippen molar-refractivity contribution in [2.45, 2.75) is 12.6 Å². The summed E-state index contributed by atoms with van der Waals surface area (Å²) in [5, 5.41) is 0. The lowest BCUT2D eigenvalue weighted by Gasteiger charge is -2.38. The van der Waals surface area contributed by atoms with Gasteiger partial charge in [-0.2, -0.15) is 0 Å². The predicted molar refractivity (Wildman–Crippen MR) is 78.0 cm³/mol. The Hall–Kier alpha value is -1.73. The number of imidazole rings is 1. The fourth-order valence-corrected chi connectivity index (χ4v) is 2.87.